The molecule has 0 aliphatic heterocycles. The van der Waals surface area contributed by atoms with Gasteiger partial charge in [-0.3, -0.25) is 0 Å². The van der Waals surface area contributed by atoms with Gasteiger partial charge in [-0.2, -0.15) is 0 Å². The van der Waals surface area contributed by atoms with Crippen LogP contribution in [0.15, 0.2) is 51.7 Å². The maximum atomic E-state index is 12.9. The second kappa shape index (κ2) is 8.25. The molecule has 2 aromatic carbocycles. The maximum Gasteiger partial charge on any atom is 0.344 e. The molecule has 0 radical (unpaired) electrons. The van der Waals surface area contributed by atoms with Gasteiger partial charge in [0.05, 0.1) is 0 Å². The van der Waals surface area contributed by atoms with Crippen molar-refractivity contribution in [1.82, 2.24) is 0 Å². The number of esters is 1. The summed E-state index contributed by atoms with van der Waals surface area (Å²) >= 11 is 0. The van der Waals surface area contributed by atoms with E-state index in [1.807, 2.05) is 19.1 Å². The third-order valence-electron chi connectivity index (χ3n) is 4.40. The van der Waals surface area contributed by atoms with E-state index < -0.39 is 11.6 Å². The van der Waals surface area contributed by atoms with Crippen molar-refractivity contribution in [1.29, 1.82) is 0 Å². The van der Waals surface area contributed by atoms with Crippen LogP contribution in [0.25, 0.3) is 11.0 Å². The van der Waals surface area contributed by atoms with E-state index in [0.717, 1.165) is 16.5 Å². The van der Waals surface area contributed by atoms with Gasteiger partial charge in [0.25, 0.3) is 0 Å². The van der Waals surface area contributed by atoms with Crippen LogP contribution < -0.4 is 10.4 Å². The van der Waals surface area contributed by atoms with Crippen LogP contribution in [0.2, 0.25) is 0 Å². The molecule has 0 amide bonds. The van der Waals surface area contributed by atoms with Crippen molar-refractivity contribution in [3.05, 3.63) is 75.4 Å². The normalized spacial score (nSPS) is 11.0. The first-order chi connectivity index (χ1) is 13.3. The molecular weight excluding hydrogens is 363 g/mol. The molecule has 0 saturated carbocycles. The van der Waals surface area contributed by atoms with Crippen molar-refractivity contribution in [3.63, 3.8) is 0 Å². The fourth-order valence-corrected chi connectivity index (χ4v) is 3.01. The molecule has 0 aliphatic rings. The van der Waals surface area contributed by atoms with Crippen LogP contribution in [-0.4, -0.2) is 12.6 Å². The molecule has 0 spiro atoms. The second-order valence-electron chi connectivity index (χ2n) is 6.85. The summed E-state index contributed by atoms with van der Waals surface area (Å²) in [5.74, 6) is -0.320. The molecule has 0 N–H and O–H groups in total. The molecule has 5 nitrogen and oxygen atoms in total. The molecule has 6 heteroatoms. The average molecular weight is 384 g/mol. The van der Waals surface area contributed by atoms with Gasteiger partial charge in [-0.05, 0) is 60.4 Å². The third kappa shape index (κ3) is 4.57. The number of hydrogen-bond acceptors (Lipinski definition) is 5. The number of fused-ring (bicyclic) bond motifs is 1. The van der Waals surface area contributed by atoms with E-state index in [-0.39, 0.29) is 19.0 Å². The number of rotatable bonds is 6. The SMILES string of the molecule is Cc1cc2oc(=O)cc(COC(=O)COc3ccc(F)cc3)c2cc1C(C)C. The minimum absolute atomic E-state index is 0.0751. The highest BCUT2D eigenvalue weighted by atomic mass is 19.1. The van der Waals surface area contributed by atoms with Crippen molar-refractivity contribution < 1.29 is 23.1 Å². The highest BCUT2D eigenvalue weighted by Gasteiger charge is 2.13. The van der Waals surface area contributed by atoms with Crippen molar-refractivity contribution in [3.8, 4) is 5.75 Å². The molecule has 3 aromatic rings. The molecule has 0 saturated heterocycles. The second-order valence-corrected chi connectivity index (χ2v) is 6.85. The van der Waals surface area contributed by atoms with E-state index in [9.17, 15) is 14.0 Å². The summed E-state index contributed by atoms with van der Waals surface area (Å²) in [5.41, 5.74) is 2.70. The van der Waals surface area contributed by atoms with Gasteiger partial charge < -0.3 is 13.9 Å². The zero-order valence-corrected chi connectivity index (χ0v) is 16.0. The lowest BCUT2D eigenvalue weighted by atomic mass is 9.95. The zero-order chi connectivity index (χ0) is 20.3. The van der Waals surface area contributed by atoms with Crippen LogP contribution in [0.3, 0.4) is 0 Å². The first-order valence-corrected chi connectivity index (χ1v) is 8.94. The van der Waals surface area contributed by atoms with Gasteiger partial charge in [0, 0.05) is 17.0 Å². The highest BCUT2D eigenvalue weighted by molar-refractivity contribution is 5.82. The summed E-state index contributed by atoms with van der Waals surface area (Å²) in [6, 6.07) is 10.5. The number of hydrogen-bond donors (Lipinski definition) is 0. The smallest absolute Gasteiger partial charge is 0.344 e. The Kier molecular flexibility index (Phi) is 5.78. The molecule has 3 rings (SSSR count). The molecule has 146 valence electrons. The minimum atomic E-state index is -0.595. The molecule has 0 atom stereocenters. The van der Waals surface area contributed by atoms with E-state index in [0.29, 0.717) is 22.8 Å². The number of carbonyl (C=O) groups is 1. The predicted molar refractivity (Wildman–Crippen MR) is 103 cm³/mol. The van der Waals surface area contributed by atoms with Gasteiger partial charge in [0.1, 0.15) is 23.8 Å². The Balaban J connectivity index is 1.74. The number of carbonyl (C=O) groups excluding carboxylic acids is 1. The molecule has 0 unspecified atom stereocenters. The monoisotopic (exact) mass is 384 g/mol. The quantitative estimate of drug-likeness (QED) is 0.463. The molecule has 28 heavy (non-hydrogen) atoms. The third-order valence-corrected chi connectivity index (χ3v) is 4.40. The summed E-state index contributed by atoms with van der Waals surface area (Å²) < 4.78 is 28.7. The number of halogens is 1. The van der Waals surface area contributed by atoms with Gasteiger partial charge in [0.15, 0.2) is 6.61 Å². The molecule has 1 aromatic heterocycles. The Labute approximate surface area is 161 Å². The standard InChI is InChI=1S/C22H21FO5/c1-13(2)18-10-19-15(9-21(24)28-20(19)8-14(18)3)11-27-22(25)12-26-17-6-4-16(23)5-7-17/h4-10,13H,11-12H2,1-3H3. The summed E-state index contributed by atoms with van der Waals surface area (Å²) in [7, 11) is 0. The molecule has 0 aliphatic carbocycles. The Bertz CT molecular complexity index is 1050. The number of ether oxygens (including phenoxy) is 2. The fraction of sp³-hybridized carbons (Fsp3) is 0.273. The lowest BCUT2D eigenvalue weighted by molar-refractivity contribution is -0.147. The number of benzene rings is 2. The van der Waals surface area contributed by atoms with Crippen LogP contribution in [0, 0.1) is 12.7 Å². The van der Waals surface area contributed by atoms with Crippen molar-refractivity contribution in [2.24, 2.45) is 0 Å². The zero-order valence-electron chi connectivity index (χ0n) is 16.0. The maximum absolute atomic E-state index is 12.9. The minimum Gasteiger partial charge on any atom is -0.482 e. The Hall–Kier alpha value is -3.15. The van der Waals surface area contributed by atoms with Crippen LogP contribution in [0.1, 0.15) is 36.5 Å². The Morgan fingerprint density at radius 3 is 2.54 bits per heavy atom. The molecule has 0 fully saturated rings. The van der Waals surface area contributed by atoms with E-state index in [2.05, 4.69) is 13.8 Å². The average Bonchev–Trinajstić information content (AvgIpc) is 2.64. The molecule has 0 bridgehead atoms. The van der Waals surface area contributed by atoms with Crippen molar-refractivity contribution >= 4 is 16.9 Å². The molecule has 1 heterocycles. The van der Waals surface area contributed by atoms with Crippen molar-refractivity contribution in [2.75, 3.05) is 6.61 Å². The van der Waals surface area contributed by atoms with Gasteiger partial charge in [-0.25, -0.2) is 14.0 Å². The van der Waals surface area contributed by atoms with Gasteiger partial charge in [0.2, 0.25) is 0 Å². The van der Waals surface area contributed by atoms with Crippen molar-refractivity contribution in [2.45, 2.75) is 33.3 Å². The van der Waals surface area contributed by atoms with Gasteiger partial charge in [-0.1, -0.05) is 13.8 Å². The van der Waals surface area contributed by atoms with Crippen LogP contribution >= 0.6 is 0 Å². The summed E-state index contributed by atoms with van der Waals surface area (Å²) in [6.07, 6.45) is 0. The number of aryl methyl sites for hydroxylation is 1. The van der Waals surface area contributed by atoms with E-state index in [1.54, 1.807) is 0 Å². The van der Waals surface area contributed by atoms with E-state index in [4.69, 9.17) is 13.9 Å². The summed E-state index contributed by atoms with van der Waals surface area (Å²) in [4.78, 5) is 23.8. The summed E-state index contributed by atoms with van der Waals surface area (Å²) in [5, 5.41) is 0.737. The van der Waals surface area contributed by atoms with Crippen LogP contribution in [0.5, 0.6) is 5.75 Å². The lowest BCUT2D eigenvalue weighted by Crippen LogP contribution is -2.15. The largest absolute Gasteiger partial charge is 0.482 e. The predicted octanol–water partition coefficient (Wildman–Crippen LogP) is 4.49. The lowest BCUT2D eigenvalue weighted by Gasteiger charge is -2.13. The van der Waals surface area contributed by atoms with Crippen LogP contribution in [0.4, 0.5) is 4.39 Å². The molecular formula is C22H21FO5. The Morgan fingerprint density at radius 1 is 1.14 bits per heavy atom. The van der Waals surface area contributed by atoms with E-state index >= 15 is 0 Å². The topological polar surface area (TPSA) is 65.7 Å². The van der Waals surface area contributed by atoms with Gasteiger partial charge in [-0.15, -0.1) is 0 Å². The highest BCUT2D eigenvalue weighted by Crippen LogP contribution is 2.27. The summed E-state index contributed by atoms with van der Waals surface area (Å²) in [6.45, 7) is 5.74. The van der Waals surface area contributed by atoms with Gasteiger partial charge >= 0.3 is 11.6 Å². The first-order valence-electron chi connectivity index (χ1n) is 8.94. The fourth-order valence-electron chi connectivity index (χ4n) is 3.01. The Morgan fingerprint density at radius 2 is 1.86 bits per heavy atom. The first kappa shape index (κ1) is 19.6. The van der Waals surface area contributed by atoms with Crippen LogP contribution in [-0.2, 0) is 16.1 Å². The van der Waals surface area contributed by atoms with E-state index in [1.165, 1.54) is 30.3 Å².